The molecule has 0 bridgehead atoms. The molecule has 0 aromatic heterocycles. The van der Waals surface area contributed by atoms with Gasteiger partial charge in [-0.1, -0.05) is 60.6 Å². The number of hydrogen-bond acceptors (Lipinski definition) is 13. The van der Waals surface area contributed by atoms with Crippen molar-refractivity contribution in [3.05, 3.63) is 12.2 Å². The van der Waals surface area contributed by atoms with Gasteiger partial charge in [-0.25, -0.2) is 0 Å². The average molecular weight is 1040 g/mol. The number of ether oxygens (including phenoxy) is 1. The van der Waals surface area contributed by atoms with Gasteiger partial charge in [0, 0.05) is 68.2 Å². The zero-order valence-corrected chi connectivity index (χ0v) is 47.5. The van der Waals surface area contributed by atoms with Crippen molar-refractivity contribution in [1.82, 2.24) is 39.6 Å². The number of carbonyl (C=O) groups excluding carboxylic acids is 8. The second-order valence-corrected chi connectivity index (χ2v) is 22.0. The van der Waals surface area contributed by atoms with Crippen LogP contribution in [0.25, 0.3) is 0 Å². The van der Waals surface area contributed by atoms with E-state index in [2.05, 4.69) is 10.2 Å². The number of allylic oxidation sites excluding steroid dienone is 2. The van der Waals surface area contributed by atoms with Gasteiger partial charge in [-0.2, -0.15) is 0 Å². The number of thioether (sulfide) groups is 1. The first-order valence-corrected chi connectivity index (χ1v) is 26.6. The minimum Gasteiger partial charge on any atom is -0.390 e. The molecule has 9 atom stereocenters. The molecular weight excluding hydrogens is 947 g/mol. The minimum absolute atomic E-state index is 0.0426. The highest BCUT2D eigenvalue weighted by Gasteiger charge is 2.45. The van der Waals surface area contributed by atoms with Gasteiger partial charge < -0.3 is 55.4 Å². The fourth-order valence-corrected chi connectivity index (χ4v) is 9.93. The lowest BCUT2D eigenvalue weighted by atomic mass is 9.91. The molecule has 5 N–H and O–H groups in total. The van der Waals surface area contributed by atoms with E-state index in [9.17, 15) is 48.6 Å². The molecule has 21 heteroatoms. The lowest BCUT2D eigenvalue weighted by molar-refractivity contribution is -0.157. The summed E-state index contributed by atoms with van der Waals surface area (Å²) in [6.07, 6.45) is 3.46. The number of hydrogen-bond donors (Lipinski definition) is 4. The highest BCUT2D eigenvalue weighted by molar-refractivity contribution is 8.00. The summed E-state index contributed by atoms with van der Waals surface area (Å²) in [5.74, 6) is -5.59. The largest absolute Gasteiger partial charge is 0.390 e. The molecule has 1 aliphatic heterocycles. The van der Waals surface area contributed by atoms with Crippen molar-refractivity contribution in [2.45, 2.75) is 168 Å². The summed E-state index contributed by atoms with van der Waals surface area (Å²) in [7, 11) is 8.69. The Labute approximate surface area is 435 Å². The standard InChI is InChI=1S/C51H93N9O11S/c1-18-21-23-34(8)42(62)41(58(16)48(68)40(33(6)7)57(15)47(67)37(30-32(4)5)55(13)45(65)35(9)54(12)39(61)20-3)44(64)53-36(19-2)46(66)59(17)50(72-29-22-24-60-25-27-71-28-26-60)49(69)56(14)38(43(52)63)31-51(10,11)70/h18,21,32-38,40-42,50,62,70H,19-20,22-31H2,1-17H3,(H2,52,63)(H,53,64)/b21-18+/t34-,35-,36+,37+,38+,40+,41+,42-,50-/m1/s1. The van der Waals surface area contributed by atoms with Crippen molar-refractivity contribution in [2.24, 2.45) is 23.5 Å². The van der Waals surface area contributed by atoms with Crippen LogP contribution in [-0.4, -0.2) is 226 Å². The smallest absolute Gasteiger partial charge is 0.256 e. The predicted octanol–water partition coefficient (Wildman–Crippen LogP) is 2.00. The zero-order valence-electron chi connectivity index (χ0n) is 46.7. The molecule has 0 radical (unpaired) electrons. The first-order valence-electron chi connectivity index (χ1n) is 25.5. The summed E-state index contributed by atoms with van der Waals surface area (Å²) in [4.78, 5) is 122. The number of likely N-dealkylation sites (N-methyl/N-ethyl adjacent to an activating group) is 6. The molecule has 1 heterocycles. The number of carbonyl (C=O) groups is 8. The van der Waals surface area contributed by atoms with E-state index in [1.165, 1.54) is 87.5 Å². The Kier molecular flexibility index (Phi) is 28.1. The van der Waals surface area contributed by atoms with Crippen LogP contribution in [0.5, 0.6) is 0 Å². The number of rotatable bonds is 30. The van der Waals surface area contributed by atoms with Crippen molar-refractivity contribution in [3.63, 3.8) is 0 Å². The molecule has 1 rings (SSSR count). The van der Waals surface area contributed by atoms with Gasteiger partial charge in [0.15, 0.2) is 5.37 Å². The third kappa shape index (κ3) is 19.2. The molecule has 0 aliphatic carbocycles. The SMILES string of the molecule is C/C=C/C[C@@H](C)[C@@H](O)[C@@H](C(=O)N[C@@H](CC)C(=O)N(C)[C@H](SCCCN1CCOCC1)C(=O)N(C)[C@@H](CC(C)(C)O)C(N)=O)N(C)C(=O)[C@H](C(C)C)N(C)C(=O)[C@H](CC(C)C)N(C)C(=O)[C@@H](C)N(C)C(=O)CC. The summed E-state index contributed by atoms with van der Waals surface area (Å²) in [6, 6.07) is -7.11. The molecule has 8 amide bonds. The van der Waals surface area contributed by atoms with Gasteiger partial charge in [-0.05, 0) is 83.4 Å². The first kappa shape index (κ1) is 65.7. The molecular formula is C51H93N9O11S. The Morgan fingerprint density at radius 2 is 1.32 bits per heavy atom. The van der Waals surface area contributed by atoms with E-state index < -0.39 is 107 Å². The number of nitrogens with two attached hydrogens (primary N) is 1. The lowest BCUT2D eigenvalue weighted by Crippen LogP contribution is -2.63. The Morgan fingerprint density at radius 3 is 1.81 bits per heavy atom. The van der Waals surface area contributed by atoms with Gasteiger partial charge >= 0.3 is 0 Å². The van der Waals surface area contributed by atoms with Crippen LogP contribution in [0.2, 0.25) is 0 Å². The van der Waals surface area contributed by atoms with Gasteiger partial charge in [0.25, 0.3) is 5.91 Å². The fraction of sp³-hybridized carbons (Fsp3) is 0.804. The summed E-state index contributed by atoms with van der Waals surface area (Å²) in [5.41, 5.74) is 4.39. The monoisotopic (exact) mass is 1040 g/mol. The predicted molar refractivity (Wildman–Crippen MR) is 281 cm³/mol. The normalized spacial score (nSPS) is 17.2. The number of aliphatic hydroxyl groups excluding tert-OH is 1. The van der Waals surface area contributed by atoms with E-state index in [0.29, 0.717) is 31.8 Å². The van der Waals surface area contributed by atoms with Crippen LogP contribution in [0.15, 0.2) is 12.2 Å². The summed E-state index contributed by atoms with van der Waals surface area (Å²) in [6.45, 7) is 22.3. The Hall–Kier alpha value is -4.31. The van der Waals surface area contributed by atoms with Crippen LogP contribution in [0.4, 0.5) is 0 Å². The second kappa shape index (κ2) is 30.8. The molecule has 1 fully saturated rings. The molecule has 72 heavy (non-hydrogen) atoms. The molecule has 0 saturated carbocycles. The number of aliphatic hydroxyl groups is 2. The fourth-order valence-electron chi connectivity index (χ4n) is 8.77. The summed E-state index contributed by atoms with van der Waals surface area (Å²) >= 11 is 1.19. The van der Waals surface area contributed by atoms with Crippen molar-refractivity contribution < 1.29 is 53.3 Å². The third-order valence-corrected chi connectivity index (χ3v) is 14.9. The minimum atomic E-state index is -1.57. The van der Waals surface area contributed by atoms with E-state index in [-0.39, 0.29) is 37.5 Å². The molecule has 0 unspecified atom stereocenters. The van der Waals surface area contributed by atoms with E-state index in [1.54, 1.807) is 47.6 Å². The van der Waals surface area contributed by atoms with Crippen molar-refractivity contribution >= 4 is 59.0 Å². The molecule has 0 spiro atoms. The molecule has 414 valence electrons. The van der Waals surface area contributed by atoms with E-state index >= 15 is 0 Å². The topological polar surface area (TPSA) is 247 Å². The Morgan fingerprint density at radius 1 is 0.764 bits per heavy atom. The van der Waals surface area contributed by atoms with Gasteiger partial charge in [0.2, 0.25) is 41.4 Å². The van der Waals surface area contributed by atoms with Gasteiger partial charge in [-0.15, -0.1) is 11.8 Å². The first-order chi connectivity index (χ1) is 33.4. The lowest BCUT2D eigenvalue weighted by Gasteiger charge is -2.41. The number of nitrogens with zero attached hydrogens (tertiary/aromatic N) is 7. The number of amides is 8. The van der Waals surface area contributed by atoms with Crippen molar-refractivity contribution in [3.8, 4) is 0 Å². The van der Waals surface area contributed by atoms with Crippen LogP contribution < -0.4 is 11.1 Å². The molecule has 0 aromatic carbocycles. The Balaban J connectivity index is 3.74. The van der Waals surface area contributed by atoms with Crippen LogP contribution in [0.3, 0.4) is 0 Å². The van der Waals surface area contributed by atoms with Crippen molar-refractivity contribution in [1.29, 1.82) is 0 Å². The molecule has 0 aromatic rings. The maximum absolute atomic E-state index is 14.9. The average Bonchev–Trinajstić information content (AvgIpc) is 3.33. The van der Waals surface area contributed by atoms with Crippen LogP contribution in [-0.2, 0) is 43.1 Å². The van der Waals surface area contributed by atoms with Gasteiger partial charge in [0.05, 0.1) is 24.9 Å². The van der Waals surface area contributed by atoms with Crippen LogP contribution in [0.1, 0.15) is 115 Å². The number of nitrogens with one attached hydrogen (secondary N) is 1. The maximum Gasteiger partial charge on any atom is 0.256 e. The van der Waals surface area contributed by atoms with E-state index in [1.807, 2.05) is 26.8 Å². The second-order valence-electron chi connectivity index (χ2n) is 20.8. The van der Waals surface area contributed by atoms with Gasteiger partial charge in [0.1, 0.15) is 36.3 Å². The molecule has 1 aliphatic rings. The van der Waals surface area contributed by atoms with Crippen LogP contribution >= 0.6 is 11.8 Å². The highest BCUT2D eigenvalue weighted by atomic mass is 32.2. The highest BCUT2D eigenvalue weighted by Crippen LogP contribution is 2.26. The van der Waals surface area contributed by atoms with Crippen molar-refractivity contribution in [2.75, 3.05) is 80.9 Å². The van der Waals surface area contributed by atoms with Crippen LogP contribution in [0, 0.1) is 17.8 Å². The van der Waals surface area contributed by atoms with E-state index in [0.717, 1.165) is 29.4 Å². The molecule has 1 saturated heterocycles. The zero-order chi connectivity index (χ0) is 55.5. The van der Waals surface area contributed by atoms with Gasteiger partial charge in [-0.3, -0.25) is 43.3 Å². The summed E-state index contributed by atoms with van der Waals surface area (Å²) in [5, 5.41) is 24.2. The quantitative estimate of drug-likeness (QED) is 0.0458. The number of primary amides is 1. The Bertz CT molecular complexity index is 1820. The molecule has 20 nitrogen and oxygen atoms in total. The third-order valence-electron chi connectivity index (χ3n) is 13.5. The van der Waals surface area contributed by atoms with E-state index in [4.69, 9.17) is 10.5 Å². The summed E-state index contributed by atoms with van der Waals surface area (Å²) < 4.78 is 5.47. The number of morpholine rings is 1. The maximum atomic E-state index is 14.9.